The topological polar surface area (TPSA) is 68.3 Å². The van der Waals surface area contributed by atoms with Gasteiger partial charge in [0.15, 0.2) is 11.5 Å². The Labute approximate surface area is 153 Å². The van der Waals surface area contributed by atoms with E-state index in [2.05, 4.69) is 27.5 Å². The molecule has 1 aromatic heterocycles. The first-order chi connectivity index (χ1) is 12.7. The lowest BCUT2D eigenvalue weighted by molar-refractivity contribution is 0.354. The lowest BCUT2D eigenvalue weighted by Crippen LogP contribution is -2.04. The Morgan fingerprint density at radius 1 is 0.923 bits per heavy atom. The Morgan fingerprint density at radius 2 is 1.69 bits per heavy atom. The Bertz CT molecular complexity index is 866. The summed E-state index contributed by atoms with van der Waals surface area (Å²) in [7, 11) is 3.25. The van der Waals surface area contributed by atoms with Crippen molar-refractivity contribution >= 4 is 17.5 Å². The highest BCUT2D eigenvalue weighted by atomic mass is 16.5. The van der Waals surface area contributed by atoms with Crippen molar-refractivity contribution in [2.45, 2.75) is 13.5 Å². The van der Waals surface area contributed by atoms with Crippen LogP contribution in [0.15, 0.2) is 54.7 Å². The van der Waals surface area contributed by atoms with Crippen LogP contribution in [0.4, 0.5) is 17.5 Å². The Hall–Kier alpha value is -3.28. The minimum atomic E-state index is 0.547. The molecule has 2 aromatic carbocycles. The third kappa shape index (κ3) is 4.42. The van der Waals surface area contributed by atoms with Gasteiger partial charge in [-0.2, -0.15) is 4.98 Å². The van der Waals surface area contributed by atoms with Crippen molar-refractivity contribution in [3.05, 3.63) is 65.9 Å². The van der Waals surface area contributed by atoms with Crippen molar-refractivity contribution in [2.24, 2.45) is 0 Å². The van der Waals surface area contributed by atoms with Crippen LogP contribution in [0.2, 0.25) is 0 Å². The zero-order valence-corrected chi connectivity index (χ0v) is 15.1. The molecule has 0 fully saturated rings. The number of benzene rings is 2. The van der Waals surface area contributed by atoms with Gasteiger partial charge < -0.3 is 20.1 Å². The van der Waals surface area contributed by atoms with E-state index in [-0.39, 0.29) is 0 Å². The van der Waals surface area contributed by atoms with E-state index in [1.807, 2.05) is 48.5 Å². The summed E-state index contributed by atoms with van der Waals surface area (Å²) in [6.45, 7) is 2.67. The highest BCUT2D eigenvalue weighted by Gasteiger charge is 2.05. The summed E-state index contributed by atoms with van der Waals surface area (Å²) in [5.74, 6) is 2.70. The summed E-state index contributed by atoms with van der Waals surface area (Å²) < 4.78 is 10.6. The van der Waals surface area contributed by atoms with Gasteiger partial charge in [0, 0.05) is 18.4 Å². The van der Waals surface area contributed by atoms with Gasteiger partial charge in [-0.15, -0.1) is 0 Å². The molecule has 0 unspecified atom stereocenters. The van der Waals surface area contributed by atoms with Gasteiger partial charge in [-0.3, -0.25) is 0 Å². The fourth-order valence-electron chi connectivity index (χ4n) is 2.47. The molecule has 0 radical (unpaired) electrons. The van der Waals surface area contributed by atoms with E-state index in [0.29, 0.717) is 24.0 Å². The molecular formula is C20H22N4O2. The monoisotopic (exact) mass is 350 g/mol. The van der Waals surface area contributed by atoms with Gasteiger partial charge >= 0.3 is 0 Å². The van der Waals surface area contributed by atoms with Crippen molar-refractivity contribution in [3.8, 4) is 11.5 Å². The van der Waals surface area contributed by atoms with Crippen LogP contribution in [0, 0.1) is 6.92 Å². The van der Waals surface area contributed by atoms with Crippen LogP contribution in [0.3, 0.4) is 0 Å². The van der Waals surface area contributed by atoms with Gasteiger partial charge in [0.1, 0.15) is 5.82 Å². The fraction of sp³-hybridized carbons (Fsp3) is 0.200. The molecule has 0 saturated heterocycles. The van der Waals surface area contributed by atoms with Gasteiger partial charge in [-0.05, 0) is 42.8 Å². The summed E-state index contributed by atoms with van der Waals surface area (Å²) in [5, 5.41) is 6.50. The van der Waals surface area contributed by atoms with E-state index in [0.717, 1.165) is 17.1 Å². The maximum absolute atomic E-state index is 5.33. The molecule has 0 aliphatic carbocycles. The lowest BCUT2D eigenvalue weighted by atomic mass is 10.2. The van der Waals surface area contributed by atoms with E-state index in [9.17, 15) is 0 Å². The van der Waals surface area contributed by atoms with Crippen molar-refractivity contribution in [3.63, 3.8) is 0 Å². The first kappa shape index (κ1) is 17.5. The zero-order valence-electron chi connectivity index (χ0n) is 15.1. The predicted octanol–water partition coefficient (Wildman–Crippen LogP) is 4.16. The summed E-state index contributed by atoms with van der Waals surface area (Å²) in [6, 6.07) is 15.7. The lowest BCUT2D eigenvalue weighted by Gasteiger charge is -2.11. The molecule has 0 spiro atoms. The molecule has 0 aliphatic rings. The first-order valence-electron chi connectivity index (χ1n) is 8.29. The molecule has 134 valence electrons. The SMILES string of the molecule is COc1ccc(CNc2ccnc(Nc3ccc(C)cc3)n2)cc1OC. The molecule has 0 bridgehead atoms. The van der Waals surface area contributed by atoms with Crippen LogP contribution < -0.4 is 20.1 Å². The number of anilines is 3. The molecular weight excluding hydrogens is 328 g/mol. The van der Waals surface area contributed by atoms with Crippen LogP contribution >= 0.6 is 0 Å². The van der Waals surface area contributed by atoms with Crippen LogP contribution in [0.25, 0.3) is 0 Å². The van der Waals surface area contributed by atoms with Crippen LogP contribution in [0.5, 0.6) is 11.5 Å². The molecule has 0 atom stereocenters. The second kappa shape index (κ2) is 8.20. The normalized spacial score (nSPS) is 10.3. The largest absolute Gasteiger partial charge is 0.493 e. The Morgan fingerprint density at radius 3 is 2.42 bits per heavy atom. The standard InChI is InChI=1S/C20H22N4O2/c1-14-4-7-16(8-5-14)23-20-21-11-10-19(24-20)22-13-15-6-9-17(25-2)18(12-15)26-3/h4-12H,13H2,1-3H3,(H2,21,22,23,24). The minimum absolute atomic E-state index is 0.547. The summed E-state index contributed by atoms with van der Waals surface area (Å²) in [4.78, 5) is 8.76. The van der Waals surface area contributed by atoms with Gasteiger partial charge in [0.25, 0.3) is 0 Å². The van der Waals surface area contributed by atoms with Crippen molar-refractivity contribution in [1.29, 1.82) is 0 Å². The zero-order chi connectivity index (χ0) is 18.4. The molecule has 0 amide bonds. The fourth-order valence-corrected chi connectivity index (χ4v) is 2.47. The number of rotatable bonds is 7. The third-order valence-corrected chi connectivity index (χ3v) is 3.88. The number of aryl methyl sites for hydroxylation is 1. The molecule has 6 nitrogen and oxygen atoms in total. The van der Waals surface area contributed by atoms with E-state index in [4.69, 9.17) is 9.47 Å². The van der Waals surface area contributed by atoms with E-state index < -0.39 is 0 Å². The maximum atomic E-state index is 5.33. The molecule has 2 N–H and O–H groups in total. The third-order valence-electron chi connectivity index (χ3n) is 3.88. The van der Waals surface area contributed by atoms with Crippen molar-refractivity contribution in [1.82, 2.24) is 9.97 Å². The second-order valence-electron chi connectivity index (χ2n) is 5.80. The quantitative estimate of drug-likeness (QED) is 0.667. The molecule has 3 aromatic rings. The first-order valence-corrected chi connectivity index (χ1v) is 8.29. The average Bonchev–Trinajstić information content (AvgIpc) is 2.68. The van der Waals surface area contributed by atoms with Crippen molar-refractivity contribution in [2.75, 3.05) is 24.9 Å². The van der Waals surface area contributed by atoms with E-state index in [1.165, 1.54) is 5.56 Å². The molecule has 0 saturated carbocycles. The van der Waals surface area contributed by atoms with E-state index in [1.54, 1.807) is 20.4 Å². The molecule has 3 rings (SSSR count). The van der Waals surface area contributed by atoms with Gasteiger partial charge in [-0.25, -0.2) is 4.98 Å². The number of nitrogens with one attached hydrogen (secondary N) is 2. The number of hydrogen-bond donors (Lipinski definition) is 2. The number of aromatic nitrogens is 2. The van der Waals surface area contributed by atoms with Crippen LogP contribution in [0.1, 0.15) is 11.1 Å². The highest BCUT2D eigenvalue weighted by molar-refractivity contribution is 5.55. The summed E-state index contributed by atoms with van der Waals surface area (Å²) >= 11 is 0. The Kier molecular flexibility index (Phi) is 5.53. The Balaban J connectivity index is 1.66. The van der Waals surface area contributed by atoms with Gasteiger partial charge in [-0.1, -0.05) is 23.8 Å². The predicted molar refractivity (Wildman–Crippen MR) is 103 cm³/mol. The number of hydrogen-bond acceptors (Lipinski definition) is 6. The van der Waals surface area contributed by atoms with E-state index >= 15 is 0 Å². The molecule has 0 aliphatic heterocycles. The van der Waals surface area contributed by atoms with Crippen LogP contribution in [-0.4, -0.2) is 24.2 Å². The van der Waals surface area contributed by atoms with Gasteiger partial charge in [0.2, 0.25) is 5.95 Å². The number of ether oxygens (including phenoxy) is 2. The smallest absolute Gasteiger partial charge is 0.229 e. The second-order valence-corrected chi connectivity index (χ2v) is 5.80. The molecule has 26 heavy (non-hydrogen) atoms. The number of methoxy groups -OCH3 is 2. The summed E-state index contributed by atoms with van der Waals surface area (Å²) in [6.07, 6.45) is 1.72. The average molecular weight is 350 g/mol. The maximum Gasteiger partial charge on any atom is 0.229 e. The molecule has 6 heteroatoms. The molecule has 1 heterocycles. The van der Waals surface area contributed by atoms with Crippen molar-refractivity contribution < 1.29 is 9.47 Å². The highest BCUT2D eigenvalue weighted by Crippen LogP contribution is 2.27. The van der Waals surface area contributed by atoms with Crippen LogP contribution in [-0.2, 0) is 6.54 Å². The van der Waals surface area contributed by atoms with Gasteiger partial charge in [0.05, 0.1) is 14.2 Å². The summed E-state index contributed by atoms with van der Waals surface area (Å²) in [5.41, 5.74) is 3.23. The minimum Gasteiger partial charge on any atom is -0.493 e. The number of nitrogens with zero attached hydrogens (tertiary/aromatic N) is 2.